The Bertz CT molecular complexity index is 1850. The Morgan fingerprint density at radius 3 is 1.08 bits per heavy atom. The van der Waals surface area contributed by atoms with Gasteiger partial charge in [0.2, 0.25) is 0 Å². The van der Waals surface area contributed by atoms with Gasteiger partial charge in [-0.1, -0.05) is 107 Å². The van der Waals surface area contributed by atoms with Crippen LogP contribution >= 0.6 is 0 Å². The van der Waals surface area contributed by atoms with E-state index in [9.17, 15) is 29.7 Å². The van der Waals surface area contributed by atoms with Crippen molar-refractivity contribution in [2.75, 3.05) is 4.90 Å². The molecule has 0 fully saturated rings. The lowest BCUT2D eigenvalue weighted by Gasteiger charge is -2.38. The van der Waals surface area contributed by atoms with Crippen LogP contribution < -0.4 is 4.90 Å². The Morgan fingerprint density at radius 1 is 0.438 bits per heavy atom. The molecule has 4 aromatic carbocycles. The van der Waals surface area contributed by atoms with E-state index in [1.165, 1.54) is 18.2 Å². The molecule has 0 spiro atoms. The van der Waals surface area contributed by atoms with Gasteiger partial charge >= 0.3 is 17.9 Å². The Labute approximate surface area is 284 Å². The average molecular weight is 652 g/mol. The van der Waals surface area contributed by atoms with Crippen molar-refractivity contribution in [3.05, 3.63) is 99.6 Å². The molecule has 4 aromatic rings. The predicted octanol–water partition coefficient (Wildman–Crippen LogP) is 10.6. The largest absolute Gasteiger partial charge is 0.478 e. The number of aromatic carboxylic acids is 3. The molecule has 0 aliphatic rings. The fourth-order valence-corrected chi connectivity index (χ4v) is 6.22. The molecule has 0 amide bonds. The number of hydrogen-bond donors (Lipinski definition) is 3. The van der Waals surface area contributed by atoms with E-state index in [0.29, 0.717) is 5.69 Å². The second kappa shape index (κ2) is 12.1. The first-order chi connectivity index (χ1) is 21.9. The maximum absolute atomic E-state index is 12.9. The number of rotatable bonds is 6. The molecule has 0 heterocycles. The van der Waals surface area contributed by atoms with Crippen molar-refractivity contribution in [2.45, 2.75) is 105 Å². The summed E-state index contributed by atoms with van der Waals surface area (Å²) in [7, 11) is 0. The van der Waals surface area contributed by atoms with Crippen molar-refractivity contribution < 1.29 is 29.7 Å². The summed E-state index contributed by atoms with van der Waals surface area (Å²) in [5.74, 6) is -3.99. The summed E-state index contributed by atoms with van der Waals surface area (Å²) >= 11 is 0. The molecule has 7 nitrogen and oxygen atoms in total. The van der Waals surface area contributed by atoms with E-state index in [-0.39, 0.29) is 49.1 Å². The van der Waals surface area contributed by atoms with Crippen molar-refractivity contribution >= 4 is 45.7 Å². The van der Waals surface area contributed by atoms with Crippen molar-refractivity contribution in [1.82, 2.24) is 0 Å². The van der Waals surface area contributed by atoms with Gasteiger partial charge in [-0.3, -0.25) is 0 Å². The van der Waals surface area contributed by atoms with Gasteiger partial charge in [-0.25, -0.2) is 14.4 Å². The Balaban J connectivity index is 2.43. The number of carboxylic acid groups (broad SMARTS) is 3. The van der Waals surface area contributed by atoms with Gasteiger partial charge in [0.1, 0.15) is 0 Å². The minimum Gasteiger partial charge on any atom is -0.478 e. The van der Waals surface area contributed by atoms with Gasteiger partial charge in [0.25, 0.3) is 0 Å². The summed E-state index contributed by atoms with van der Waals surface area (Å²) < 4.78 is 0. The first-order valence-electron chi connectivity index (χ1n) is 16.3. The van der Waals surface area contributed by atoms with Crippen LogP contribution in [0.3, 0.4) is 0 Å². The van der Waals surface area contributed by atoms with Crippen LogP contribution in [0, 0.1) is 0 Å². The van der Waals surface area contributed by atoms with Gasteiger partial charge < -0.3 is 20.2 Å². The Hall–Kier alpha value is -4.65. The van der Waals surface area contributed by atoms with Crippen LogP contribution in [-0.4, -0.2) is 33.2 Å². The lowest BCUT2D eigenvalue weighted by molar-refractivity contribution is 0.0681. The van der Waals surface area contributed by atoms with E-state index in [1.807, 2.05) is 4.90 Å². The fourth-order valence-electron chi connectivity index (χ4n) is 6.22. The van der Waals surface area contributed by atoms with Crippen LogP contribution in [0.25, 0.3) is 10.8 Å². The number of benzene rings is 4. The summed E-state index contributed by atoms with van der Waals surface area (Å²) in [5.41, 5.74) is 4.07. The minimum atomic E-state index is -1.35. The third-order valence-corrected chi connectivity index (χ3v) is 8.90. The molecule has 0 aliphatic carbocycles. The van der Waals surface area contributed by atoms with Crippen LogP contribution in [0.5, 0.6) is 0 Å². The molecule has 0 bridgehead atoms. The lowest BCUT2D eigenvalue weighted by atomic mass is 9.78. The molecule has 7 heteroatoms. The Morgan fingerprint density at radius 2 is 0.771 bits per heavy atom. The molecule has 0 unspecified atom stereocenters. The molecule has 0 aromatic heterocycles. The van der Waals surface area contributed by atoms with E-state index in [2.05, 4.69) is 119 Å². The van der Waals surface area contributed by atoms with E-state index < -0.39 is 17.9 Å². The zero-order valence-electron chi connectivity index (χ0n) is 30.3. The van der Waals surface area contributed by atoms with Gasteiger partial charge in [0.15, 0.2) is 0 Å². The third kappa shape index (κ3) is 6.82. The monoisotopic (exact) mass is 651 g/mol. The number of nitrogens with zero attached hydrogens (tertiary/aromatic N) is 1. The molecule has 3 N–H and O–H groups in total. The van der Waals surface area contributed by atoms with Crippen molar-refractivity contribution in [1.29, 1.82) is 0 Å². The summed E-state index contributed by atoms with van der Waals surface area (Å²) in [5, 5.41) is 31.0. The molecular weight excluding hydrogens is 602 g/mol. The van der Waals surface area contributed by atoms with Crippen LogP contribution in [0.2, 0.25) is 0 Å². The second-order valence-electron chi connectivity index (χ2n) is 16.8. The van der Waals surface area contributed by atoms with Gasteiger partial charge in [-0.15, -0.1) is 0 Å². The van der Waals surface area contributed by atoms with E-state index in [0.717, 1.165) is 33.6 Å². The normalized spacial score (nSPS) is 12.7. The fraction of sp³-hybridized carbons (Fsp3) is 0.390. The second-order valence-corrected chi connectivity index (χ2v) is 16.8. The van der Waals surface area contributed by atoms with E-state index >= 15 is 0 Å². The lowest BCUT2D eigenvalue weighted by Crippen LogP contribution is -2.25. The highest BCUT2D eigenvalue weighted by molar-refractivity contribution is 6.21. The van der Waals surface area contributed by atoms with Gasteiger partial charge in [0, 0.05) is 10.8 Å². The molecule has 254 valence electrons. The molecule has 0 aliphatic heterocycles. The van der Waals surface area contributed by atoms with Crippen molar-refractivity contribution in [2.24, 2.45) is 0 Å². The molecule has 0 saturated heterocycles. The molecule has 48 heavy (non-hydrogen) atoms. The number of carbonyl (C=O) groups is 3. The first-order valence-corrected chi connectivity index (χ1v) is 16.3. The van der Waals surface area contributed by atoms with Gasteiger partial charge in [-0.2, -0.15) is 0 Å². The third-order valence-electron chi connectivity index (χ3n) is 8.90. The number of carboxylic acids is 3. The summed E-state index contributed by atoms with van der Waals surface area (Å²) in [6.07, 6.45) is 0. The van der Waals surface area contributed by atoms with Crippen LogP contribution in [0.1, 0.15) is 136 Å². The van der Waals surface area contributed by atoms with Crippen molar-refractivity contribution in [3.8, 4) is 0 Å². The highest BCUT2D eigenvalue weighted by Gasteiger charge is 2.33. The van der Waals surface area contributed by atoms with Gasteiger partial charge in [-0.05, 0) is 80.3 Å². The number of hydrogen-bond acceptors (Lipinski definition) is 4. The quantitative estimate of drug-likeness (QED) is 0.190. The topological polar surface area (TPSA) is 115 Å². The van der Waals surface area contributed by atoms with Crippen LogP contribution in [0.4, 0.5) is 17.1 Å². The van der Waals surface area contributed by atoms with Crippen molar-refractivity contribution in [3.63, 3.8) is 0 Å². The minimum absolute atomic E-state index is 0.0457. The molecule has 4 rings (SSSR count). The van der Waals surface area contributed by atoms with E-state index in [1.54, 1.807) is 6.07 Å². The summed E-state index contributed by atoms with van der Waals surface area (Å²) in [6, 6.07) is 18.2. The number of fused-ring (bicyclic) bond motifs is 1. The highest BCUT2D eigenvalue weighted by atomic mass is 16.4. The molecule has 0 atom stereocenters. The maximum atomic E-state index is 12.9. The van der Waals surface area contributed by atoms with Crippen LogP contribution in [0.15, 0.2) is 60.7 Å². The zero-order valence-corrected chi connectivity index (χ0v) is 30.3. The molecular formula is C41H49NO6. The highest BCUT2D eigenvalue weighted by Crippen LogP contribution is 2.50. The standard InChI is InChI=1S/C41H49NO6/c1-38(2,3)23-13-18-28(40(7,8)9)31(21-23)42(32-22-24(39(4,5)6)14-19-29(32)41(10,11)12)30-20-17-26(36(45)46)33-25(35(43)44)15-16-27(34(30)33)37(47)48/h13-22H,1-12H3,(H,43,44)(H,45,46)(H,47,48). The average Bonchev–Trinajstić information content (AvgIpc) is 2.94. The van der Waals surface area contributed by atoms with Gasteiger partial charge in [0.05, 0.1) is 33.8 Å². The first kappa shape index (κ1) is 36.2. The zero-order chi connectivity index (χ0) is 36.3. The summed E-state index contributed by atoms with van der Waals surface area (Å²) in [6.45, 7) is 25.5. The summed E-state index contributed by atoms with van der Waals surface area (Å²) in [4.78, 5) is 40.2. The maximum Gasteiger partial charge on any atom is 0.336 e. The SMILES string of the molecule is CC(C)(C)c1ccc(C(C)(C)C)c(N(c2cc(C(C)(C)C)ccc2C(C)(C)C)c2ccc(C(=O)O)c3c(C(=O)O)ccc(C(=O)O)c23)c1. The molecule has 0 saturated carbocycles. The van der Waals surface area contributed by atoms with E-state index in [4.69, 9.17) is 0 Å². The molecule has 0 radical (unpaired) electrons. The van der Waals surface area contributed by atoms with Crippen LogP contribution in [-0.2, 0) is 21.7 Å². The Kier molecular flexibility index (Phi) is 9.13. The predicted molar refractivity (Wildman–Crippen MR) is 194 cm³/mol. The number of anilines is 3. The smallest absolute Gasteiger partial charge is 0.336 e.